The highest BCUT2D eigenvalue weighted by atomic mass is 14.2. The molecule has 0 nitrogen and oxygen atoms in total. The van der Waals surface area contributed by atoms with Gasteiger partial charge in [-0.05, 0) is 33.4 Å². The molecule has 3 rings (SSSR count). The summed E-state index contributed by atoms with van der Waals surface area (Å²) in [6.45, 7) is 7.93. The highest BCUT2D eigenvalue weighted by Crippen LogP contribution is 2.37. The molecule has 0 radical (unpaired) electrons. The Labute approximate surface area is 156 Å². The van der Waals surface area contributed by atoms with E-state index in [-0.39, 0.29) is 0 Å². The number of rotatable bonds is 6. The van der Waals surface area contributed by atoms with Gasteiger partial charge >= 0.3 is 0 Å². The fourth-order valence-corrected chi connectivity index (χ4v) is 3.11. The summed E-state index contributed by atoms with van der Waals surface area (Å²) < 4.78 is 0. The molecule has 0 heteroatoms. The van der Waals surface area contributed by atoms with Crippen LogP contribution in [-0.2, 0) is 0 Å². The molecule has 0 aliphatic rings. The minimum Gasteiger partial charge on any atom is -0.0990 e. The summed E-state index contributed by atoms with van der Waals surface area (Å²) >= 11 is 0. The van der Waals surface area contributed by atoms with Crippen molar-refractivity contribution < 1.29 is 0 Å². The Morgan fingerprint density at radius 3 is 1.38 bits per heavy atom. The van der Waals surface area contributed by atoms with Gasteiger partial charge in [0, 0.05) is 0 Å². The summed E-state index contributed by atoms with van der Waals surface area (Å²) in [5.41, 5.74) is 6.89. The van der Waals surface area contributed by atoms with Gasteiger partial charge in [-0.1, -0.05) is 122 Å². The molecular weight excluding hydrogens is 312 g/mol. The van der Waals surface area contributed by atoms with E-state index in [0.717, 1.165) is 16.7 Å². The van der Waals surface area contributed by atoms with Crippen LogP contribution < -0.4 is 0 Å². The summed E-state index contributed by atoms with van der Waals surface area (Å²) in [6.07, 6.45) is 5.73. The van der Waals surface area contributed by atoms with E-state index in [0.29, 0.717) is 0 Å². The van der Waals surface area contributed by atoms with Gasteiger partial charge in [0.2, 0.25) is 0 Å². The molecule has 0 aliphatic heterocycles. The number of allylic oxidation sites excluding steroid dienone is 5. The summed E-state index contributed by atoms with van der Waals surface area (Å²) in [5, 5.41) is 0. The van der Waals surface area contributed by atoms with Crippen molar-refractivity contribution in [3.8, 4) is 0 Å². The van der Waals surface area contributed by atoms with Gasteiger partial charge in [0.1, 0.15) is 0 Å². The lowest BCUT2D eigenvalue weighted by Crippen LogP contribution is -1.97. The molecule has 0 atom stereocenters. The van der Waals surface area contributed by atoms with Crippen molar-refractivity contribution in [2.75, 3.05) is 0 Å². The maximum atomic E-state index is 4.05. The highest BCUT2D eigenvalue weighted by Gasteiger charge is 2.15. The van der Waals surface area contributed by atoms with E-state index in [4.69, 9.17) is 0 Å². The first-order valence-electron chi connectivity index (χ1n) is 8.71. The van der Waals surface area contributed by atoms with Gasteiger partial charge in [-0.2, -0.15) is 0 Å². The van der Waals surface area contributed by atoms with E-state index in [1.165, 1.54) is 16.7 Å². The molecule has 0 bridgehead atoms. The molecule has 0 saturated heterocycles. The van der Waals surface area contributed by atoms with E-state index in [1.807, 2.05) is 36.4 Å². The van der Waals surface area contributed by atoms with Crippen LogP contribution in [0.2, 0.25) is 0 Å². The number of benzene rings is 3. The third-order valence-corrected chi connectivity index (χ3v) is 4.24. The molecule has 0 aromatic heterocycles. The first-order valence-corrected chi connectivity index (χ1v) is 8.71. The average molecular weight is 334 g/mol. The van der Waals surface area contributed by atoms with Gasteiger partial charge in [-0.3, -0.25) is 0 Å². The van der Waals surface area contributed by atoms with E-state index in [2.05, 4.69) is 86.0 Å². The van der Waals surface area contributed by atoms with Gasteiger partial charge in [0.15, 0.2) is 0 Å². The maximum Gasteiger partial charge on any atom is -0.00268 e. The molecular formula is C26H22. The molecule has 3 aromatic rings. The quantitative estimate of drug-likeness (QED) is 0.338. The summed E-state index contributed by atoms with van der Waals surface area (Å²) in [5.74, 6) is 0. The molecule has 0 amide bonds. The largest absolute Gasteiger partial charge is 0.0990 e. The van der Waals surface area contributed by atoms with Crippen LogP contribution in [0.4, 0.5) is 0 Å². The predicted octanol–water partition coefficient (Wildman–Crippen LogP) is 6.94. The van der Waals surface area contributed by atoms with Crippen LogP contribution in [0, 0.1) is 0 Å². The molecule has 126 valence electrons. The van der Waals surface area contributed by atoms with E-state index >= 15 is 0 Å². The molecule has 0 unspecified atom stereocenters. The monoisotopic (exact) mass is 334 g/mol. The Kier molecular flexibility index (Phi) is 5.80. The zero-order chi connectivity index (χ0) is 18.2. The van der Waals surface area contributed by atoms with Crippen LogP contribution in [0.1, 0.15) is 16.7 Å². The van der Waals surface area contributed by atoms with E-state index < -0.39 is 0 Å². The van der Waals surface area contributed by atoms with Gasteiger partial charge in [-0.15, -0.1) is 0 Å². The molecule has 0 N–H and O–H groups in total. The predicted molar refractivity (Wildman–Crippen MR) is 114 cm³/mol. The zero-order valence-corrected chi connectivity index (χ0v) is 14.8. The zero-order valence-electron chi connectivity index (χ0n) is 14.8. The molecule has 26 heavy (non-hydrogen) atoms. The van der Waals surface area contributed by atoms with Crippen LogP contribution >= 0.6 is 0 Å². The molecule has 0 saturated carbocycles. The standard InChI is InChI=1S/C26H22/c1-3-14-21(4-2)25(22-15-8-5-9-16-22)26(23-17-10-6-11-18-23)24-19-12-7-13-20-24/h3-20H,1-2H2/b21-14+. The lowest BCUT2D eigenvalue weighted by atomic mass is 9.85. The minimum absolute atomic E-state index is 1.05. The van der Waals surface area contributed by atoms with Gasteiger partial charge in [-0.25, -0.2) is 0 Å². The molecule has 3 aromatic carbocycles. The SMILES string of the molecule is C=C/C=C(\C=C)C(=C(c1ccccc1)c1ccccc1)c1ccccc1. The number of hydrogen-bond donors (Lipinski definition) is 0. The van der Waals surface area contributed by atoms with E-state index in [1.54, 1.807) is 0 Å². The van der Waals surface area contributed by atoms with Crippen LogP contribution in [0.5, 0.6) is 0 Å². The van der Waals surface area contributed by atoms with Crippen molar-refractivity contribution in [2.45, 2.75) is 0 Å². The maximum absolute atomic E-state index is 4.05. The second-order valence-corrected chi connectivity index (χ2v) is 5.91. The van der Waals surface area contributed by atoms with Crippen molar-refractivity contribution in [3.05, 3.63) is 145 Å². The van der Waals surface area contributed by atoms with Crippen LogP contribution in [-0.4, -0.2) is 0 Å². The topological polar surface area (TPSA) is 0 Å². The van der Waals surface area contributed by atoms with E-state index in [9.17, 15) is 0 Å². The second-order valence-electron chi connectivity index (χ2n) is 5.91. The fourth-order valence-electron chi connectivity index (χ4n) is 3.11. The summed E-state index contributed by atoms with van der Waals surface area (Å²) in [6, 6.07) is 31.5. The highest BCUT2D eigenvalue weighted by molar-refractivity contribution is 6.05. The fraction of sp³-hybridized carbons (Fsp3) is 0. The van der Waals surface area contributed by atoms with Crippen molar-refractivity contribution in [3.63, 3.8) is 0 Å². The first-order chi connectivity index (χ1) is 12.8. The van der Waals surface area contributed by atoms with Crippen molar-refractivity contribution >= 4 is 11.1 Å². The smallest absolute Gasteiger partial charge is 0.00268 e. The third kappa shape index (κ3) is 3.81. The second kappa shape index (κ2) is 8.64. The van der Waals surface area contributed by atoms with Crippen molar-refractivity contribution in [2.24, 2.45) is 0 Å². The third-order valence-electron chi connectivity index (χ3n) is 4.24. The van der Waals surface area contributed by atoms with Crippen molar-refractivity contribution in [1.29, 1.82) is 0 Å². The van der Waals surface area contributed by atoms with Crippen LogP contribution in [0.25, 0.3) is 11.1 Å². The van der Waals surface area contributed by atoms with Crippen LogP contribution in [0.3, 0.4) is 0 Å². The molecule has 0 heterocycles. The van der Waals surface area contributed by atoms with Crippen LogP contribution in [0.15, 0.2) is 128 Å². The summed E-state index contributed by atoms with van der Waals surface area (Å²) in [7, 11) is 0. The Hall–Kier alpha value is -3.38. The Morgan fingerprint density at radius 1 is 0.577 bits per heavy atom. The molecule has 0 spiro atoms. The van der Waals surface area contributed by atoms with Gasteiger partial charge in [0.05, 0.1) is 0 Å². The van der Waals surface area contributed by atoms with Crippen molar-refractivity contribution in [1.82, 2.24) is 0 Å². The normalized spacial score (nSPS) is 10.8. The Balaban J connectivity index is 2.42. The van der Waals surface area contributed by atoms with Gasteiger partial charge < -0.3 is 0 Å². The molecule has 0 fully saturated rings. The first kappa shape index (κ1) is 17.4. The Morgan fingerprint density at radius 2 is 1.00 bits per heavy atom. The minimum atomic E-state index is 1.05. The number of hydrogen-bond acceptors (Lipinski definition) is 0. The lowest BCUT2D eigenvalue weighted by molar-refractivity contribution is 1.51. The lowest BCUT2D eigenvalue weighted by Gasteiger charge is -2.18. The van der Waals surface area contributed by atoms with Gasteiger partial charge in [0.25, 0.3) is 0 Å². The Bertz CT molecular complexity index is 886. The molecule has 0 aliphatic carbocycles. The average Bonchev–Trinajstić information content (AvgIpc) is 2.72. The summed E-state index contributed by atoms with van der Waals surface area (Å²) in [4.78, 5) is 0.